The Hall–Kier alpha value is -2.22. The molecule has 0 unspecified atom stereocenters. The number of thiazole rings is 1. The topological polar surface area (TPSA) is 88.9 Å². The Balaban J connectivity index is 1.31. The molecule has 1 aliphatic rings. The molecule has 3 rings (SSSR count). The van der Waals surface area contributed by atoms with E-state index in [0.29, 0.717) is 25.9 Å². The van der Waals surface area contributed by atoms with Gasteiger partial charge in [0, 0.05) is 36.5 Å². The Labute approximate surface area is 169 Å². The molecule has 2 aromatic heterocycles. The average Bonchev–Trinajstić information content (AvgIpc) is 3.28. The van der Waals surface area contributed by atoms with Gasteiger partial charge in [0.05, 0.1) is 22.9 Å². The summed E-state index contributed by atoms with van der Waals surface area (Å²) in [5, 5.41) is 13.5. The molecule has 1 aliphatic carbocycles. The van der Waals surface area contributed by atoms with Gasteiger partial charge in [0.1, 0.15) is 0 Å². The van der Waals surface area contributed by atoms with Gasteiger partial charge in [-0.1, -0.05) is 0 Å². The highest BCUT2D eigenvalue weighted by atomic mass is 32.1. The molecule has 0 aromatic carbocycles. The van der Waals surface area contributed by atoms with Crippen LogP contribution in [0.25, 0.3) is 0 Å². The zero-order chi connectivity index (χ0) is 19.9. The van der Waals surface area contributed by atoms with Crippen LogP contribution in [0.3, 0.4) is 0 Å². The molecule has 0 atom stereocenters. The van der Waals surface area contributed by atoms with Crippen LogP contribution in [0.15, 0.2) is 17.6 Å². The van der Waals surface area contributed by atoms with Gasteiger partial charge in [-0.3, -0.25) is 14.3 Å². The lowest BCUT2D eigenvalue weighted by Crippen LogP contribution is -2.41. The van der Waals surface area contributed by atoms with E-state index in [1.54, 1.807) is 11.3 Å². The third-order valence-electron chi connectivity index (χ3n) is 5.15. The number of hydrogen-bond acceptors (Lipinski definition) is 5. The second-order valence-electron chi connectivity index (χ2n) is 7.49. The Morgan fingerprint density at radius 3 is 2.68 bits per heavy atom. The van der Waals surface area contributed by atoms with Crippen LogP contribution in [0.2, 0.25) is 0 Å². The number of aryl methyl sites for hydroxylation is 3. The minimum absolute atomic E-state index is 0.0468. The van der Waals surface area contributed by atoms with Crippen molar-refractivity contribution in [2.75, 3.05) is 6.54 Å². The van der Waals surface area contributed by atoms with E-state index in [9.17, 15) is 9.59 Å². The molecule has 8 heteroatoms. The molecule has 1 saturated carbocycles. The van der Waals surface area contributed by atoms with Crippen molar-refractivity contribution in [1.82, 2.24) is 25.4 Å². The molecule has 0 bridgehead atoms. The summed E-state index contributed by atoms with van der Waals surface area (Å²) in [4.78, 5) is 28.9. The number of carbonyl (C=O) groups excluding carboxylic acids is 2. The first-order chi connectivity index (χ1) is 13.5. The number of nitrogens with zero attached hydrogens (tertiary/aromatic N) is 3. The van der Waals surface area contributed by atoms with Crippen LogP contribution in [0.4, 0.5) is 0 Å². The van der Waals surface area contributed by atoms with Crippen molar-refractivity contribution in [2.24, 2.45) is 5.92 Å². The number of nitrogens with one attached hydrogen (secondary N) is 2. The average molecular weight is 404 g/mol. The summed E-state index contributed by atoms with van der Waals surface area (Å²) < 4.78 is 1.84. The van der Waals surface area contributed by atoms with Crippen LogP contribution in [0, 0.1) is 19.8 Å². The van der Waals surface area contributed by atoms with E-state index in [2.05, 4.69) is 20.7 Å². The SMILES string of the molecule is Cc1ccn(CCNC(=O)C2CCC(NC(=O)CCc3csc(C)n3)CC2)n1. The van der Waals surface area contributed by atoms with Crippen molar-refractivity contribution in [1.29, 1.82) is 0 Å². The van der Waals surface area contributed by atoms with Crippen LogP contribution in [0.5, 0.6) is 0 Å². The van der Waals surface area contributed by atoms with E-state index in [1.807, 2.05) is 36.2 Å². The number of carbonyl (C=O) groups is 2. The zero-order valence-electron chi connectivity index (χ0n) is 16.6. The molecule has 0 saturated heterocycles. The van der Waals surface area contributed by atoms with Gasteiger partial charge >= 0.3 is 0 Å². The van der Waals surface area contributed by atoms with Gasteiger partial charge < -0.3 is 10.6 Å². The van der Waals surface area contributed by atoms with E-state index in [4.69, 9.17) is 0 Å². The van der Waals surface area contributed by atoms with Gasteiger partial charge in [0.15, 0.2) is 0 Å². The molecule has 7 nitrogen and oxygen atoms in total. The maximum Gasteiger partial charge on any atom is 0.223 e. The standard InChI is InChI=1S/C20H29N5O2S/c1-14-9-11-25(24-14)12-10-21-20(27)16-3-5-17(6-4-16)23-19(26)8-7-18-13-28-15(2)22-18/h9,11,13,16-17H,3-8,10,12H2,1-2H3,(H,21,27)(H,23,26). The lowest BCUT2D eigenvalue weighted by Gasteiger charge is -2.28. The third kappa shape index (κ3) is 6.15. The summed E-state index contributed by atoms with van der Waals surface area (Å²) in [6.07, 6.45) is 6.44. The quantitative estimate of drug-likeness (QED) is 0.708. The van der Waals surface area contributed by atoms with Gasteiger partial charge in [-0.25, -0.2) is 4.98 Å². The first-order valence-corrected chi connectivity index (χ1v) is 10.9. The molecule has 2 N–H and O–H groups in total. The second kappa shape index (κ2) is 9.82. The van der Waals surface area contributed by atoms with Crippen molar-refractivity contribution < 1.29 is 9.59 Å². The van der Waals surface area contributed by atoms with Crippen LogP contribution in [-0.4, -0.2) is 39.2 Å². The predicted molar refractivity (Wildman–Crippen MR) is 109 cm³/mol. The van der Waals surface area contributed by atoms with Crippen LogP contribution in [-0.2, 0) is 22.6 Å². The minimum Gasteiger partial charge on any atom is -0.354 e. The highest BCUT2D eigenvalue weighted by molar-refractivity contribution is 7.09. The Bertz CT molecular complexity index is 792. The number of rotatable bonds is 8. The Kier molecular flexibility index (Phi) is 7.19. The highest BCUT2D eigenvalue weighted by Crippen LogP contribution is 2.24. The normalized spacial score (nSPS) is 19.4. The number of hydrogen-bond donors (Lipinski definition) is 2. The Morgan fingerprint density at radius 2 is 2.04 bits per heavy atom. The molecule has 0 radical (unpaired) electrons. The summed E-state index contributed by atoms with van der Waals surface area (Å²) in [6, 6.07) is 2.13. The maximum absolute atomic E-state index is 12.3. The third-order valence-corrected chi connectivity index (χ3v) is 5.97. The molecule has 2 heterocycles. The molecule has 2 aromatic rings. The van der Waals surface area contributed by atoms with E-state index in [-0.39, 0.29) is 23.8 Å². The molecule has 28 heavy (non-hydrogen) atoms. The van der Waals surface area contributed by atoms with Gasteiger partial charge in [0.25, 0.3) is 0 Å². The summed E-state index contributed by atoms with van der Waals surface area (Å²) in [7, 11) is 0. The fourth-order valence-electron chi connectivity index (χ4n) is 3.59. The van der Waals surface area contributed by atoms with E-state index >= 15 is 0 Å². The summed E-state index contributed by atoms with van der Waals surface area (Å²) in [6.45, 7) is 5.20. The fraction of sp³-hybridized carbons (Fsp3) is 0.600. The lowest BCUT2D eigenvalue weighted by atomic mass is 9.85. The predicted octanol–water partition coefficient (Wildman–Crippen LogP) is 2.38. The minimum atomic E-state index is 0.0468. The highest BCUT2D eigenvalue weighted by Gasteiger charge is 2.26. The fourth-order valence-corrected chi connectivity index (χ4v) is 4.24. The molecule has 152 valence electrons. The van der Waals surface area contributed by atoms with Gasteiger partial charge in [-0.15, -0.1) is 11.3 Å². The van der Waals surface area contributed by atoms with E-state index < -0.39 is 0 Å². The number of aromatic nitrogens is 3. The maximum atomic E-state index is 12.3. The second-order valence-corrected chi connectivity index (χ2v) is 8.55. The summed E-state index contributed by atoms with van der Waals surface area (Å²) >= 11 is 1.61. The Morgan fingerprint density at radius 1 is 1.25 bits per heavy atom. The van der Waals surface area contributed by atoms with Crippen LogP contribution >= 0.6 is 11.3 Å². The summed E-state index contributed by atoms with van der Waals surface area (Å²) in [5.41, 5.74) is 1.97. The van der Waals surface area contributed by atoms with Crippen LogP contribution in [0.1, 0.15) is 48.5 Å². The zero-order valence-corrected chi connectivity index (χ0v) is 17.4. The molecule has 0 aliphatic heterocycles. The first kappa shape index (κ1) is 20.5. The number of amides is 2. The largest absolute Gasteiger partial charge is 0.354 e. The van der Waals surface area contributed by atoms with Crippen molar-refractivity contribution >= 4 is 23.2 Å². The van der Waals surface area contributed by atoms with Crippen molar-refractivity contribution in [3.63, 3.8) is 0 Å². The van der Waals surface area contributed by atoms with Crippen molar-refractivity contribution in [2.45, 2.75) is 65.0 Å². The molecule has 1 fully saturated rings. The molecular weight excluding hydrogens is 374 g/mol. The van der Waals surface area contributed by atoms with Crippen molar-refractivity contribution in [3.8, 4) is 0 Å². The lowest BCUT2D eigenvalue weighted by molar-refractivity contribution is -0.126. The van der Waals surface area contributed by atoms with Crippen molar-refractivity contribution in [3.05, 3.63) is 34.0 Å². The molecular formula is C20H29N5O2S. The summed E-state index contributed by atoms with van der Waals surface area (Å²) in [5.74, 6) is 0.242. The van der Waals surface area contributed by atoms with Crippen LogP contribution < -0.4 is 10.6 Å². The monoisotopic (exact) mass is 403 g/mol. The molecule has 2 amide bonds. The van der Waals surface area contributed by atoms with Gasteiger partial charge in [-0.2, -0.15) is 5.10 Å². The van der Waals surface area contributed by atoms with E-state index in [0.717, 1.165) is 42.1 Å². The van der Waals surface area contributed by atoms with Gasteiger partial charge in [-0.05, 0) is 52.0 Å². The molecule has 0 spiro atoms. The smallest absolute Gasteiger partial charge is 0.223 e. The van der Waals surface area contributed by atoms with Gasteiger partial charge in [0.2, 0.25) is 11.8 Å². The first-order valence-electron chi connectivity index (χ1n) is 9.98. The van der Waals surface area contributed by atoms with E-state index in [1.165, 1.54) is 0 Å².